The Hall–Kier alpha value is -0.920. The number of sulfonamides is 2. The summed E-state index contributed by atoms with van der Waals surface area (Å²) in [5.74, 6) is 0. The van der Waals surface area contributed by atoms with Crippen LogP contribution in [0.25, 0.3) is 4.13 Å². The van der Waals surface area contributed by atoms with Crippen molar-refractivity contribution in [2.75, 3.05) is 6.26 Å². The van der Waals surface area contributed by atoms with Crippen LogP contribution in [0.15, 0.2) is 29.2 Å². The van der Waals surface area contributed by atoms with Crippen LogP contribution in [-0.4, -0.2) is 23.1 Å². The van der Waals surface area contributed by atoms with Gasteiger partial charge in [0, 0.05) is 11.2 Å². The molecule has 0 saturated carbocycles. The van der Waals surface area contributed by atoms with Crippen molar-refractivity contribution in [1.29, 1.82) is 0 Å². The molecule has 0 N–H and O–H groups in total. The maximum Gasteiger partial charge on any atom is 0.112 e. The predicted octanol–water partition coefficient (Wildman–Crippen LogP) is 2.01. The van der Waals surface area contributed by atoms with E-state index in [-0.39, 0.29) is 10.3 Å². The molecule has 0 heterocycles. The topological polar surface area (TPSA) is 82.4 Å². The lowest BCUT2D eigenvalue weighted by atomic mass is 9.87. The number of hydrogen-bond donors (Lipinski definition) is 0. The van der Waals surface area contributed by atoms with Crippen molar-refractivity contribution < 1.29 is 16.8 Å². The van der Waals surface area contributed by atoms with Gasteiger partial charge in [0.25, 0.3) is 0 Å². The highest BCUT2D eigenvalue weighted by Crippen LogP contribution is 2.25. The Morgan fingerprint density at radius 2 is 1.39 bits per heavy atom. The minimum Gasteiger partial charge on any atom is -0.432 e. The minimum atomic E-state index is -4.14. The van der Waals surface area contributed by atoms with Crippen LogP contribution in [0.3, 0.4) is 0 Å². The second-order valence-corrected chi connectivity index (χ2v) is 8.54. The van der Waals surface area contributed by atoms with Gasteiger partial charge in [-0.3, -0.25) is 0 Å². The summed E-state index contributed by atoms with van der Waals surface area (Å²) in [7, 11) is -8.07. The number of benzene rings is 1. The highest BCUT2D eigenvalue weighted by Gasteiger charge is 2.14. The monoisotopic (exact) mass is 290 g/mol. The Morgan fingerprint density at radius 3 is 1.72 bits per heavy atom. The molecule has 0 saturated heterocycles. The molecule has 0 aliphatic rings. The van der Waals surface area contributed by atoms with E-state index in [0.29, 0.717) is 0 Å². The molecule has 7 heteroatoms. The molecule has 102 valence electrons. The lowest BCUT2D eigenvalue weighted by Crippen LogP contribution is -2.11. The summed E-state index contributed by atoms with van der Waals surface area (Å²) in [6.45, 7) is 5.99. The summed E-state index contributed by atoms with van der Waals surface area (Å²) >= 11 is 0. The van der Waals surface area contributed by atoms with Crippen LogP contribution < -0.4 is 0 Å². The third kappa shape index (κ3) is 4.08. The van der Waals surface area contributed by atoms with Gasteiger partial charge in [0.2, 0.25) is 0 Å². The lowest BCUT2D eigenvalue weighted by Gasteiger charge is -2.21. The first-order valence-electron chi connectivity index (χ1n) is 5.22. The van der Waals surface area contributed by atoms with Gasteiger partial charge in [-0.05, 0) is 23.1 Å². The third-order valence-electron chi connectivity index (χ3n) is 2.25. The molecule has 0 atom stereocenters. The van der Waals surface area contributed by atoms with Crippen molar-refractivity contribution in [2.24, 2.45) is 0 Å². The SMILES string of the molecule is CC(C)(C)c1ccc(S(=O)(=O)[N-]S(C)(=O)=O)cc1. The molecule has 1 aromatic rings. The van der Waals surface area contributed by atoms with Crippen LogP contribution in [0.5, 0.6) is 0 Å². The van der Waals surface area contributed by atoms with E-state index in [1.807, 2.05) is 20.8 Å². The van der Waals surface area contributed by atoms with E-state index in [2.05, 4.69) is 4.13 Å². The minimum absolute atomic E-state index is 0.101. The van der Waals surface area contributed by atoms with Gasteiger partial charge in [-0.1, -0.05) is 32.9 Å². The third-order valence-corrected chi connectivity index (χ3v) is 4.99. The molecule has 1 aromatic carbocycles. The normalized spacial score (nSPS) is 13.6. The van der Waals surface area contributed by atoms with Crippen molar-refractivity contribution in [1.82, 2.24) is 0 Å². The zero-order valence-electron chi connectivity index (χ0n) is 10.7. The van der Waals surface area contributed by atoms with Crippen LogP contribution in [0, 0.1) is 0 Å². The molecule has 0 amide bonds. The maximum atomic E-state index is 11.7. The van der Waals surface area contributed by atoms with E-state index in [1.54, 1.807) is 12.1 Å². The summed E-state index contributed by atoms with van der Waals surface area (Å²) in [6, 6.07) is 6.05. The molecular formula is C11H16NO4S2-. The molecule has 5 nitrogen and oxygen atoms in total. The van der Waals surface area contributed by atoms with Gasteiger partial charge in [-0.15, -0.1) is 0 Å². The molecule has 1 rings (SSSR count). The van der Waals surface area contributed by atoms with Gasteiger partial charge >= 0.3 is 0 Å². The lowest BCUT2D eigenvalue weighted by molar-refractivity contribution is 0.587. The zero-order valence-corrected chi connectivity index (χ0v) is 12.3. The van der Waals surface area contributed by atoms with Crippen molar-refractivity contribution in [3.05, 3.63) is 34.0 Å². The van der Waals surface area contributed by atoms with Crippen LogP contribution in [0.4, 0.5) is 0 Å². The summed E-state index contributed by atoms with van der Waals surface area (Å²) < 4.78 is 48.0. The second kappa shape index (κ2) is 4.64. The fraction of sp³-hybridized carbons (Fsp3) is 0.455. The summed E-state index contributed by atoms with van der Waals surface area (Å²) in [5.41, 5.74) is 0.858. The average molecular weight is 290 g/mol. The smallest absolute Gasteiger partial charge is 0.112 e. The average Bonchev–Trinajstić information content (AvgIpc) is 2.13. The fourth-order valence-electron chi connectivity index (χ4n) is 1.35. The molecule has 0 aliphatic heterocycles. The van der Waals surface area contributed by atoms with Gasteiger partial charge in [-0.25, -0.2) is 16.8 Å². The Bertz CT molecular complexity index is 623. The van der Waals surface area contributed by atoms with Gasteiger partial charge in [-0.2, -0.15) is 0 Å². The highest BCUT2D eigenvalue weighted by atomic mass is 32.3. The zero-order chi connectivity index (χ0) is 14.2. The molecule has 0 spiro atoms. The largest absolute Gasteiger partial charge is 0.432 e. The van der Waals surface area contributed by atoms with Crippen molar-refractivity contribution >= 4 is 20.0 Å². The van der Waals surface area contributed by atoms with Crippen molar-refractivity contribution in [2.45, 2.75) is 31.1 Å². The van der Waals surface area contributed by atoms with E-state index in [4.69, 9.17) is 0 Å². The molecule has 0 fully saturated rings. The van der Waals surface area contributed by atoms with E-state index in [1.165, 1.54) is 12.1 Å². The first-order chi connectivity index (χ1) is 7.92. The van der Waals surface area contributed by atoms with E-state index in [9.17, 15) is 16.8 Å². The Morgan fingerprint density at radius 1 is 0.944 bits per heavy atom. The summed E-state index contributed by atoms with van der Waals surface area (Å²) in [5, 5.41) is 0. The van der Waals surface area contributed by atoms with E-state index in [0.717, 1.165) is 11.8 Å². The van der Waals surface area contributed by atoms with Crippen LogP contribution >= 0.6 is 0 Å². The molecular weight excluding hydrogens is 274 g/mol. The van der Waals surface area contributed by atoms with Crippen LogP contribution in [0.2, 0.25) is 0 Å². The number of hydrogen-bond acceptors (Lipinski definition) is 4. The quantitative estimate of drug-likeness (QED) is 0.852. The molecule has 0 radical (unpaired) electrons. The molecule has 0 bridgehead atoms. The molecule has 0 aromatic heterocycles. The van der Waals surface area contributed by atoms with E-state index < -0.39 is 20.0 Å². The Balaban J connectivity index is 3.14. The predicted molar refractivity (Wildman–Crippen MR) is 70.5 cm³/mol. The first kappa shape index (κ1) is 15.1. The molecule has 0 aliphatic carbocycles. The number of nitrogens with zero attached hydrogens (tertiary/aromatic N) is 1. The van der Waals surface area contributed by atoms with Crippen LogP contribution in [-0.2, 0) is 25.5 Å². The molecule has 18 heavy (non-hydrogen) atoms. The van der Waals surface area contributed by atoms with E-state index >= 15 is 0 Å². The number of rotatable bonds is 3. The Kier molecular flexibility index (Phi) is 3.90. The van der Waals surface area contributed by atoms with Gasteiger partial charge in [0.15, 0.2) is 0 Å². The second-order valence-electron chi connectivity index (χ2n) is 5.06. The Labute approximate surface area is 108 Å². The van der Waals surface area contributed by atoms with Gasteiger partial charge in [0.1, 0.15) is 10.0 Å². The maximum absolute atomic E-state index is 11.7. The fourth-order valence-corrected chi connectivity index (χ4v) is 3.60. The summed E-state index contributed by atoms with van der Waals surface area (Å²) in [6.07, 6.45) is 0.744. The summed E-state index contributed by atoms with van der Waals surface area (Å²) in [4.78, 5) is -0.124. The van der Waals surface area contributed by atoms with Crippen molar-refractivity contribution in [3.8, 4) is 0 Å². The van der Waals surface area contributed by atoms with Gasteiger partial charge in [0.05, 0.1) is 10.0 Å². The van der Waals surface area contributed by atoms with Crippen molar-refractivity contribution in [3.63, 3.8) is 0 Å². The molecule has 0 unspecified atom stereocenters. The van der Waals surface area contributed by atoms with Gasteiger partial charge < -0.3 is 4.13 Å². The highest BCUT2D eigenvalue weighted by molar-refractivity contribution is 8.11. The van der Waals surface area contributed by atoms with Crippen LogP contribution in [0.1, 0.15) is 26.3 Å². The first-order valence-corrected chi connectivity index (χ1v) is 8.50. The standard InChI is InChI=1S/C11H16NO4S2/c1-11(2,3)9-5-7-10(8-6-9)18(15,16)12-17(4,13)14/h5-8H,1-4H3/q-1.